The third kappa shape index (κ3) is 3.58. The van der Waals surface area contributed by atoms with E-state index in [1.807, 2.05) is 6.07 Å². The van der Waals surface area contributed by atoms with Crippen LogP contribution < -0.4 is 11.4 Å². The van der Waals surface area contributed by atoms with Gasteiger partial charge in [-0.2, -0.15) is 5.26 Å². The number of hydrogen-bond acceptors (Lipinski definition) is 9. The number of carbonyl (C=O) groups is 2. The minimum absolute atomic E-state index is 0.0337. The van der Waals surface area contributed by atoms with E-state index in [-0.39, 0.29) is 33.2 Å². The number of nitriles is 1. The molecule has 3 rings (SSSR count). The molecule has 2 heterocycles. The monoisotopic (exact) mass is 398 g/mol. The molecule has 1 aromatic carbocycles. The van der Waals surface area contributed by atoms with Crippen molar-refractivity contribution in [3.05, 3.63) is 62.3 Å². The van der Waals surface area contributed by atoms with Crippen LogP contribution in [-0.2, 0) is 16.1 Å². The fourth-order valence-electron chi connectivity index (χ4n) is 2.53. The topological polar surface area (TPSA) is 133 Å². The lowest BCUT2D eigenvalue weighted by molar-refractivity contribution is 0.0449. The van der Waals surface area contributed by atoms with Gasteiger partial charge in [-0.3, -0.25) is 0 Å². The predicted molar refractivity (Wildman–Crippen MR) is 101 cm³/mol. The summed E-state index contributed by atoms with van der Waals surface area (Å²) in [4.78, 5) is 36.6. The Hall–Kier alpha value is -3.64. The van der Waals surface area contributed by atoms with E-state index in [1.54, 1.807) is 31.2 Å². The van der Waals surface area contributed by atoms with Crippen molar-refractivity contribution in [3.63, 3.8) is 0 Å². The van der Waals surface area contributed by atoms with E-state index >= 15 is 0 Å². The van der Waals surface area contributed by atoms with Crippen molar-refractivity contribution < 1.29 is 23.5 Å². The summed E-state index contributed by atoms with van der Waals surface area (Å²) in [5.74, 6) is -1.61. The molecule has 2 aromatic heterocycles. The Balaban J connectivity index is 1.89. The second-order valence-electron chi connectivity index (χ2n) is 5.54. The van der Waals surface area contributed by atoms with Crippen LogP contribution in [0.2, 0.25) is 0 Å². The number of rotatable bonds is 5. The number of nitrogens with two attached hydrogens (primary N) is 1. The van der Waals surface area contributed by atoms with E-state index in [9.17, 15) is 19.6 Å². The Morgan fingerprint density at radius 2 is 2.00 bits per heavy atom. The lowest BCUT2D eigenvalue weighted by Gasteiger charge is -2.07. The molecular formula is C19H14N2O6S. The van der Waals surface area contributed by atoms with E-state index in [0.29, 0.717) is 11.0 Å². The number of carbonyl (C=O) groups excluding carboxylic acids is 2. The molecule has 9 heteroatoms. The van der Waals surface area contributed by atoms with Gasteiger partial charge in [0.05, 0.1) is 12.2 Å². The van der Waals surface area contributed by atoms with Gasteiger partial charge in [-0.15, -0.1) is 11.3 Å². The van der Waals surface area contributed by atoms with Crippen LogP contribution in [0.5, 0.6) is 0 Å². The van der Waals surface area contributed by atoms with Gasteiger partial charge in [-0.25, -0.2) is 14.4 Å². The van der Waals surface area contributed by atoms with Crippen LogP contribution in [0.15, 0.2) is 39.5 Å². The fraction of sp³-hybridized carbons (Fsp3) is 0.158. The zero-order valence-electron chi connectivity index (χ0n) is 14.7. The molecule has 0 unspecified atom stereocenters. The highest BCUT2D eigenvalue weighted by Crippen LogP contribution is 2.32. The lowest BCUT2D eigenvalue weighted by Crippen LogP contribution is -2.17. The van der Waals surface area contributed by atoms with Crippen molar-refractivity contribution >= 4 is 39.2 Å². The Morgan fingerprint density at radius 1 is 1.25 bits per heavy atom. The van der Waals surface area contributed by atoms with Crippen molar-refractivity contribution in [1.29, 1.82) is 5.26 Å². The smallest absolute Gasteiger partial charge is 0.351 e. The molecule has 0 aliphatic rings. The number of anilines is 1. The second kappa shape index (κ2) is 7.94. The number of ether oxygens (including phenoxy) is 2. The molecule has 0 spiro atoms. The summed E-state index contributed by atoms with van der Waals surface area (Å²) in [6, 6.07) is 9.97. The molecule has 0 amide bonds. The second-order valence-corrected chi connectivity index (χ2v) is 6.59. The van der Waals surface area contributed by atoms with Gasteiger partial charge in [-0.1, -0.05) is 18.2 Å². The minimum Gasteiger partial charge on any atom is -0.462 e. The third-order valence-electron chi connectivity index (χ3n) is 3.82. The van der Waals surface area contributed by atoms with Crippen molar-refractivity contribution in [2.24, 2.45) is 0 Å². The highest BCUT2D eigenvalue weighted by Gasteiger charge is 2.25. The SMILES string of the molecule is CCOC(=O)c1sc(N)c(C#N)c1COC(=O)c1cc2ccccc2oc1=O. The molecule has 0 bridgehead atoms. The van der Waals surface area contributed by atoms with E-state index in [2.05, 4.69) is 0 Å². The number of benzene rings is 1. The van der Waals surface area contributed by atoms with Crippen LogP contribution >= 0.6 is 11.3 Å². The number of fused-ring (bicyclic) bond motifs is 1. The molecule has 28 heavy (non-hydrogen) atoms. The largest absolute Gasteiger partial charge is 0.462 e. The van der Waals surface area contributed by atoms with Crippen molar-refractivity contribution in [2.75, 3.05) is 12.3 Å². The molecule has 3 aromatic rings. The average molecular weight is 398 g/mol. The quantitative estimate of drug-likeness (QED) is 0.512. The summed E-state index contributed by atoms with van der Waals surface area (Å²) in [6.07, 6.45) is 0. The maximum Gasteiger partial charge on any atom is 0.351 e. The highest BCUT2D eigenvalue weighted by atomic mass is 32.1. The molecule has 2 N–H and O–H groups in total. The maximum absolute atomic E-state index is 12.4. The van der Waals surface area contributed by atoms with E-state index < -0.39 is 24.2 Å². The van der Waals surface area contributed by atoms with E-state index in [4.69, 9.17) is 19.6 Å². The molecule has 0 atom stereocenters. The van der Waals surface area contributed by atoms with Gasteiger partial charge in [0.15, 0.2) is 0 Å². The van der Waals surface area contributed by atoms with Crippen LogP contribution in [-0.4, -0.2) is 18.5 Å². The van der Waals surface area contributed by atoms with Crippen LogP contribution in [0.4, 0.5) is 5.00 Å². The highest BCUT2D eigenvalue weighted by molar-refractivity contribution is 7.18. The molecule has 0 saturated carbocycles. The van der Waals surface area contributed by atoms with Gasteiger partial charge in [0.2, 0.25) is 0 Å². The maximum atomic E-state index is 12.4. The molecule has 0 aliphatic heterocycles. The molecule has 0 radical (unpaired) electrons. The Bertz CT molecular complexity index is 1170. The molecule has 0 aliphatic carbocycles. The first-order valence-corrected chi connectivity index (χ1v) is 8.96. The number of nitrogen functional groups attached to an aromatic ring is 1. The normalized spacial score (nSPS) is 10.4. The number of para-hydroxylation sites is 1. The molecule has 8 nitrogen and oxygen atoms in total. The van der Waals surface area contributed by atoms with Gasteiger partial charge >= 0.3 is 17.6 Å². The van der Waals surface area contributed by atoms with E-state index in [0.717, 1.165) is 11.3 Å². The Labute approximate surface area is 162 Å². The number of nitrogens with zero attached hydrogens (tertiary/aromatic N) is 1. The van der Waals surface area contributed by atoms with Gasteiger partial charge in [0, 0.05) is 10.9 Å². The fourth-order valence-corrected chi connectivity index (χ4v) is 3.44. The standard InChI is InChI=1S/C19H14N2O6S/c1-2-25-19(24)15-13(12(8-20)16(21)28-15)9-26-17(22)11-7-10-5-3-4-6-14(10)27-18(11)23/h3-7H,2,9,21H2,1H3. The first kappa shape index (κ1) is 19.1. The summed E-state index contributed by atoms with van der Waals surface area (Å²) in [7, 11) is 0. The number of hydrogen-bond donors (Lipinski definition) is 1. The van der Waals surface area contributed by atoms with E-state index in [1.165, 1.54) is 6.07 Å². The van der Waals surface area contributed by atoms with Gasteiger partial charge < -0.3 is 19.6 Å². The summed E-state index contributed by atoms with van der Waals surface area (Å²) < 4.78 is 15.2. The average Bonchev–Trinajstić information content (AvgIpc) is 3.01. The van der Waals surface area contributed by atoms with Crippen LogP contribution in [0, 0.1) is 11.3 Å². The molecule has 142 valence electrons. The van der Waals surface area contributed by atoms with Crippen molar-refractivity contribution in [1.82, 2.24) is 0 Å². The van der Waals surface area contributed by atoms with Crippen molar-refractivity contribution in [3.8, 4) is 6.07 Å². The minimum atomic E-state index is -0.942. The van der Waals surface area contributed by atoms with Crippen LogP contribution in [0.3, 0.4) is 0 Å². The summed E-state index contributed by atoms with van der Waals surface area (Å²) in [5, 5.41) is 9.96. The summed E-state index contributed by atoms with van der Waals surface area (Å²) >= 11 is 0.875. The first-order chi connectivity index (χ1) is 13.5. The molecule has 0 saturated heterocycles. The molecule has 0 fully saturated rings. The number of esters is 2. The summed E-state index contributed by atoms with van der Waals surface area (Å²) in [6.45, 7) is 1.35. The molecular weight excluding hydrogens is 384 g/mol. The van der Waals surface area contributed by atoms with Crippen molar-refractivity contribution in [2.45, 2.75) is 13.5 Å². The lowest BCUT2D eigenvalue weighted by atomic mass is 10.1. The van der Waals surface area contributed by atoms with Gasteiger partial charge in [0.1, 0.15) is 33.7 Å². The zero-order chi connectivity index (χ0) is 20.3. The Kier molecular flexibility index (Phi) is 5.42. The third-order valence-corrected chi connectivity index (χ3v) is 4.86. The van der Waals surface area contributed by atoms with Crippen LogP contribution in [0.25, 0.3) is 11.0 Å². The summed E-state index contributed by atoms with van der Waals surface area (Å²) in [5.41, 5.74) is 5.15. The van der Waals surface area contributed by atoms with Crippen LogP contribution in [0.1, 0.15) is 38.1 Å². The first-order valence-electron chi connectivity index (χ1n) is 8.14. The Morgan fingerprint density at radius 3 is 2.71 bits per heavy atom. The van der Waals surface area contributed by atoms with Gasteiger partial charge in [-0.05, 0) is 19.1 Å². The van der Waals surface area contributed by atoms with Gasteiger partial charge in [0.25, 0.3) is 0 Å². The zero-order valence-corrected chi connectivity index (χ0v) is 15.5. The number of thiophene rings is 1. The predicted octanol–water partition coefficient (Wildman–Crippen LogP) is 2.84.